The Bertz CT molecular complexity index is 622. The zero-order valence-corrected chi connectivity index (χ0v) is 14.1. The maximum absolute atomic E-state index is 12.7. The lowest BCUT2D eigenvalue weighted by Crippen LogP contribution is -2.57. The van der Waals surface area contributed by atoms with Gasteiger partial charge in [0.1, 0.15) is 0 Å². The molecule has 0 aromatic heterocycles. The summed E-state index contributed by atoms with van der Waals surface area (Å²) in [4.78, 5) is 2.46. The molecule has 0 atom stereocenters. The normalized spacial score (nSPS) is 18.0. The molecule has 5 nitrogen and oxygen atoms in total. The SMILES string of the molecule is Cc1cc(S(=O)(=O)N(C)CC2(N(C)C)CCC2)ccc1N. The van der Waals surface area contributed by atoms with E-state index in [1.54, 1.807) is 25.2 Å². The highest BCUT2D eigenvalue weighted by molar-refractivity contribution is 7.89. The quantitative estimate of drug-likeness (QED) is 0.840. The van der Waals surface area contributed by atoms with Crippen molar-refractivity contribution in [1.82, 2.24) is 9.21 Å². The molecule has 2 rings (SSSR count). The van der Waals surface area contributed by atoms with Crippen molar-refractivity contribution < 1.29 is 8.42 Å². The zero-order valence-electron chi connectivity index (χ0n) is 13.3. The second-order valence-corrected chi connectivity index (χ2v) is 8.30. The lowest BCUT2D eigenvalue weighted by molar-refractivity contribution is 0.0455. The monoisotopic (exact) mass is 311 g/mol. The molecule has 1 aromatic rings. The molecule has 2 N–H and O–H groups in total. The van der Waals surface area contributed by atoms with Gasteiger partial charge in [-0.3, -0.25) is 0 Å². The molecule has 1 fully saturated rings. The maximum atomic E-state index is 12.7. The summed E-state index contributed by atoms with van der Waals surface area (Å²) in [5.74, 6) is 0. The molecule has 1 aliphatic carbocycles. The van der Waals surface area contributed by atoms with Crippen LogP contribution in [0.2, 0.25) is 0 Å². The highest BCUT2D eigenvalue weighted by atomic mass is 32.2. The van der Waals surface area contributed by atoms with Crippen molar-refractivity contribution in [1.29, 1.82) is 0 Å². The van der Waals surface area contributed by atoms with Crippen LogP contribution in [0.1, 0.15) is 24.8 Å². The van der Waals surface area contributed by atoms with Gasteiger partial charge in [-0.25, -0.2) is 8.42 Å². The number of aryl methyl sites for hydroxylation is 1. The van der Waals surface area contributed by atoms with E-state index in [0.717, 1.165) is 24.8 Å². The van der Waals surface area contributed by atoms with E-state index < -0.39 is 10.0 Å². The number of nitrogens with zero attached hydrogens (tertiary/aromatic N) is 2. The number of benzene rings is 1. The van der Waals surface area contributed by atoms with Crippen molar-refractivity contribution >= 4 is 15.7 Å². The third-order valence-electron chi connectivity index (χ3n) is 4.70. The van der Waals surface area contributed by atoms with Gasteiger partial charge >= 0.3 is 0 Å². The predicted octanol–water partition coefficient (Wildman–Crippen LogP) is 1.68. The predicted molar refractivity (Wildman–Crippen MR) is 85.7 cm³/mol. The largest absolute Gasteiger partial charge is 0.399 e. The van der Waals surface area contributed by atoms with E-state index in [1.165, 1.54) is 4.31 Å². The Morgan fingerprint density at radius 2 is 1.86 bits per heavy atom. The maximum Gasteiger partial charge on any atom is 0.242 e. The van der Waals surface area contributed by atoms with Crippen LogP contribution in [0.3, 0.4) is 0 Å². The molecule has 0 unspecified atom stereocenters. The third-order valence-corrected chi connectivity index (χ3v) is 6.50. The molecule has 0 saturated heterocycles. The van der Waals surface area contributed by atoms with E-state index in [4.69, 9.17) is 5.73 Å². The Morgan fingerprint density at radius 3 is 2.29 bits per heavy atom. The van der Waals surface area contributed by atoms with Crippen molar-refractivity contribution in [3.63, 3.8) is 0 Å². The molecular formula is C15H25N3O2S. The van der Waals surface area contributed by atoms with Gasteiger partial charge in [0, 0.05) is 24.8 Å². The topological polar surface area (TPSA) is 66.6 Å². The number of rotatable bonds is 5. The van der Waals surface area contributed by atoms with Crippen molar-refractivity contribution in [2.75, 3.05) is 33.4 Å². The van der Waals surface area contributed by atoms with Crippen LogP contribution in [0.5, 0.6) is 0 Å². The fourth-order valence-corrected chi connectivity index (χ4v) is 4.16. The number of hydrogen-bond acceptors (Lipinski definition) is 4. The summed E-state index contributed by atoms with van der Waals surface area (Å²) >= 11 is 0. The van der Waals surface area contributed by atoms with Gasteiger partial charge in [0.25, 0.3) is 0 Å². The lowest BCUT2D eigenvalue weighted by Gasteiger charge is -2.48. The molecule has 0 heterocycles. The summed E-state index contributed by atoms with van der Waals surface area (Å²) in [6.07, 6.45) is 3.24. The first kappa shape index (κ1) is 16.3. The Balaban J connectivity index is 2.24. The summed E-state index contributed by atoms with van der Waals surface area (Å²) in [6.45, 7) is 2.34. The average Bonchev–Trinajstić information content (AvgIpc) is 2.36. The van der Waals surface area contributed by atoms with Crippen LogP contribution in [0.25, 0.3) is 0 Å². The Labute approximate surface area is 127 Å². The van der Waals surface area contributed by atoms with E-state index in [2.05, 4.69) is 4.90 Å². The molecule has 118 valence electrons. The van der Waals surface area contributed by atoms with E-state index in [1.807, 2.05) is 21.0 Å². The minimum Gasteiger partial charge on any atom is -0.399 e. The van der Waals surface area contributed by atoms with E-state index in [0.29, 0.717) is 17.1 Å². The molecule has 0 radical (unpaired) electrons. The third kappa shape index (κ3) is 2.93. The minimum atomic E-state index is -3.47. The Morgan fingerprint density at radius 1 is 1.24 bits per heavy atom. The first-order chi connectivity index (χ1) is 9.69. The van der Waals surface area contributed by atoms with E-state index >= 15 is 0 Å². The number of sulfonamides is 1. The number of hydrogen-bond donors (Lipinski definition) is 1. The molecule has 1 aliphatic rings. The summed E-state index contributed by atoms with van der Waals surface area (Å²) in [5, 5.41) is 0. The smallest absolute Gasteiger partial charge is 0.242 e. The number of likely N-dealkylation sites (N-methyl/N-ethyl adjacent to an activating group) is 2. The lowest BCUT2D eigenvalue weighted by atomic mass is 9.75. The van der Waals surface area contributed by atoms with Gasteiger partial charge in [-0.1, -0.05) is 0 Å². The molecule has 0 spiro atoms. The van der Waals surface area contributed by atoms with Gasteiger partial charge in [0.15, 0.2) is 0 Å². The van der Waals surface area contributed by atoms with Crippen LogP contribution < -0.4 is 5.73 Å². The summed E-state index contributed by atoms with van der Waals surface area (Å²) in [6, 6.07) is 4.88. The summed E-state index contributed by atoms with van der Waals surface area (Å²) in [7, 11) is 2.23. The second-order valence-electron chi connectivity index (χ2n) is 6.25. The van der Waals surface area contributed by atoms with Gasteiger partial charge in [0.05, 0.1) is 4.90 Å². The number of nitrogens with two attached hydrogens (primary N) is 1. The van der Waals surface area contributed by atoms with Crippen LogP contribution in [0.4, 0.5) is 5.69 Å². The summed E-state index contributed by atoms with van der Waals surface area (Å²) in [5.41, 5.74) is 7.14. The second kappa shape index (κ2) is 5.59. The van der Waals surface area contributed by atoms with Crippen LogP contribution in [-0.4, -0.2) is 50.8 Å². The molecule has 21 heavy (non-hydrogen) atoms. The van der Waals surface area contributed by atoms with Crippen molar-refractivity contribution in [2.45, 2.75) is 36.6 Å². The van der Waals surface area contributed by atoms with Crippen molar-refractivity contribution in [3.05, 3.63) is 23.8 Å². The van der Waals surface area contributed by atoms with Gasteiger partial charge < -0.3 is 10.6 Å². The van der Waals surface area contributed by atoms with Crippen LogP contribution in [0.15, 0.2) is 23.1 Å². The molecule has 1 aromatic carbocycles. The van der Waals surface area contributed by atoms with Crippen molar-refractivity contribution in [3.8, 4) is 0 Å². The Kier molecular flexibility index (Phi) is 4.33. The molecule has 0 bridgehead atoms. The minimum absolute atomic E-state index is 0.0231. The van der Waals surface area contributed by atoms with Crippen LogP contribution in [-0.2, 0) is 10.0 Å². The van der Waals surface area contributed by atoms with Crippen molar-refractivity contribution in [2.24, 2.45) is 0 Å². The number of nitrogen functional groups attached to an aromatic ring is 1. The number of anilines is 1. The standard InChI is InChI=1S/C15H25N3O2S/c1-12-10-13(6-7-14(12)16)21(19,20)18(4)11-15(17(2)3)8-5-9-15/h6-7,10H,5,8-9,11,16H2,1-4H3. The first-order valence-corrected chi connectivity index (χ1v) is 8.63. The first-order valence-electron chi connectivity index (χ1n) is 7.19. The highest BCUT2D eigenvalue weighted by Crippen LogP contribution is 2.37. The van der Waals surface area contributed by atoms with Gasteiger partial charge in [-0.2, -0.15) is 4.31 Å². The van der Waals surface area contributed by atoms with Gasteiger partial charge in [-0.05, 0) is 64.0 Å². The fourth-order valence-electron chi connectivity index (χ4n) is 2.82. The van der Waals surface area contributed by atoms with Gasteiger partial charge in [-0.15, -0.1) is 0 Å². The molecule has 6 heteroatoms. The average molecular weight is 311 g/mol. The zero-order chi connectivity index (χ0) is 15.8. The van der Waals surface area contributed by atoms with Crippen LogP contribution in [0, 0.1) is 6.92 Å². The highest BCUT2D eigenvalue weighted by Gasteiger charge is 2.42. The molecule has 0 amide bonds. The Hall–Kier alpha value is -1.11. The van der Waals surface area contributed by atoms with E-state index in [9.17, 15) is 8.42 Å². The fraction of sp³-hybridized carbons (Fsp3) is 0.600. The molecule has 1 saturated carbocycles. The van der Waals surface area contributed by atoms with Crippen LogP contribution >= 0.6 is 0 Å². The van der Waals surface area contributed by atoms with Gasteiger partial charge in [0.2, 0.25) is 10.0 Å². The van der Waals surface area contributed by atoms with E-state index in [-0.39, 0.29) is 5.54 Å². The molecule has 0 aliphatic heterocycles. The summed E-state index contributed by atoms with van der Waals surface area (Å²) < 4.78 is 26.9. The molecular weight excluding hydrogens is 286 g/mol.